The number of thioether (sulfide) groups is 1. The van der Waals surface area contributed by atoms with Crippen LogP contribution in [0.1, 0.15) is 75.1 Å². The summed E-state index contributed by atoms with van der Waals surface area (Å²) in [6.07, 6.45) is 1.02. The van der Waals surface area contributed by atoms with E-state index >= 15 is 0 Å². The molecule has 2 fully saturated rings. The number of carbonyl (C=O) groups is 3. The first-order valence-electron chi connectivity index (χ1n) is 13.3. The minimum atomic E-state index is -1.34. The Morgan fingerprint density at radius 2 is 1.95 bits per heavy atom. The Kier molecular flexibility index (Phi) is 6.24. The quantitative estimate of drug-likeness (QED) is 0.138. The first-order chi connectivity index (χ1) is 19.2. The smallest absolute Gasteiger partial charge is 0.355 e. The summed E-state index contributed by atoms with van der Waals surface area (Å²) in [4.78, 5) is 50.9. The van der Waals surface area contributed by atoms with Crippen LogP contribution in [0.4, 0.5) is 5.69 Å². The summed E-state index contributed by atoms with van der Waals surface area (Å²) in [6.45, 7) is 7.99. The molecule has 4 aliphatic rings. The standard InChI is InChI=1S/C28H29BrN4O7S/c1-14(34)40-22(20-19-17-10-11-27(4,26(17,2)3)21(19)31(5)30-20)28(29)24(36)32-18(13-41-25(28)32)23(35)39-12-15-6-8-16(9-7-15)33(37)38/h6-9,13,17,22,25H,10-12H2,1-5H3/t17?,22?,25-,27?,28?/m1/s1. The van der Waals surface area contributed by atoms with E-state index in [-0.39, 0.29) is 34.7 Å². The highest BCUT2D eigenvalue weighted by Crippen LogP contribution is 2.69. The van der Waals surface area contributed by atoms with Crippen molar-refractivity contribution in [3.05, 3.63) is 68.0 Å². The number of β-lactam (4-membered cyclic amide) rings is 1. The van der Waals surface area contributed by atoms with Gasteiger partial charge in [-0.05, 0) is 41.9 Å². The van der Waals surface area contributed by atoms with Gasteiger partial charge >= 0.3 is 11.9 Å². The fraction of sp³-hybridized carbons (Fsp3) is 0.500. The molecule has 0 spiro atoms. The van der Waals surface area contributed by atoms with E-state index in [0.717, 1.165) is 24.1 Å². The maximum atomic E-state index is 13.8. The molecule has 1 saturated carbocycles. The number of benzene rings is 1. The van der Waals surface area contributed by atoms with Gasteiger partial charge in [0.1, 0.15) is 23.4 Å². The van der Waals surface area contributed by atoms with Crippen LogP contribution in [-0.2, 0) is 42.9 Å². The molecule has 13 heteroatoms. The predicted octanol–water partition coefficient (Wildman–Crippen LogP) is 4.74. The molecule has 2 aromatic rings. The van der Waals surface area contributed by atoms with Crippen LogP contribution in [0.25, 0.3) is 0 Å². The second kappa shape index (κ2) is 9.15. The van der Waals surface area contributed by atoms with E-state index in [4.69, 9.17) is 14.6 Å². The monoisotopic (exact) mass is 644 g/mol. The molecule has 3 heterocycles. The van der Waals surface area contributed by atoms with Gasteiger partial charge in [0.2, 0.25) is 0 Å². The van der Waals surface area contributed by atoms with Gasteiger partial charge < -0.3 is 9.47 Å². The van der Waals surface area contributed by atoms with Crippen LogP contribution in [0.2, 0.25) is 0 Å². The van der Waals surface area contributed by atoms with E-state index in [1.165, 1.54) is 47.9 Å². The molecule has 2 aliphatic carbocycles. The van der Waals surface area contributed by atoms with Crippen molar-refractivity contribution in [2.24, 2.45) is 12.5 Å². The Bertz CT molecular complexity index is 1550. The summed E-state index contributed by atoms with van der Waals surface area (Å²) in [5.41, 5.74) is 3.24. The number of hydrogen-bond donors (Lipinski definition) is 0. The first kappa shape index (κ1) is 28.0. The van der Waals surface area contributed by atoms with Gasteiger partial charge in [-0.1, -0.05) is 36.7 Å². The Balaban J connectivity index is 1.25. The van der Waals surface area contributed by atoms with Gasteiger partial charge in [-0.2, -0.15) is 5.10 Å². The van der Waals surface area contributed by atoms with E-state index in [2.05, 4.69) is 36.7 Å². The average Bonchev–Trinajstić information content (AvgIpc) is 3.60. The molecule has 6 rings (SSSR count). The topological polar surface area (TPSA) is 134 Å². The summed E-state index contributed by atoms with van der Waals surface area (Å²) in [6, 6.07) is 5.68. The number of carbonyl (C=O) groups excluding carboxylic acids is 3. The Morgan fingerprint density at radius 3 is 2.59 bits per heavy atom. The van der Waals surface area contributed by atoms with E-state index in [0.29, 0.717) is 11.3 Å². The van der Waals surface area contributed by atoms with E-state index in [1.54, 1.807) is 5.41 Å². The lowest BCUT2D eigenvalue weighted by atomic mass is 9.70. The number of aromatic nitrogens is 2. The lowest BCUT2D eigenvalue weighted by molar-refractivity contribution is -0.384. The molecular formula is C28H29BrN4O7S. The molecule has 216 valence electrons. The van der Waals surface area contributed by atoms with Crippen molar-refractivity contribution in [3.8, 4) is 0 Å². The summed E-state index contributed by atoms with van der Waals surface area (Å²) in [7, 11) is 1.90. The third kappa shape index (κ3) is 3.70. The van der Waals surface area contributed by atoms with Crippen LogP contribution in [0.5, 0.6) is 0 Å². The van der Waals surface area contributed by atoms with Crippen LogP contribution >= 0.6 is 27.7 Å². The van der Waals surface area contributed by atoms with Crippen molar-refractivity contribution in [2.45, 2.75) is 74.3 Å². The zero-order valence-electron chi connectivity index (χ0n) is 23.2. The number of ether oxygens (including phenoxy) is 2. The molecule has 2 bridgehead atoms. The van der Waals surface area contributed by atoms with Crippen LogP contribution < -0.4 is 0 Å². The number of halogens is 1. The number of hydrogen-bond acceptors (Lipinski definition) is 9. The minimum Gasteiger partial charge on any atom is -0.456 e. The van der Waals surface area contributed by atoms with Crippen LogP contribution in [0.3, 0.4) is 0 Å². The molecule has 0 radical (unpaired) electrons. The van der Waals surface area contributed by atoms with Gasteiger partial charge in [-0.3, -0.25) is 29.3 Å². The van der Waals surface area contributed by atoms with Gasteiger partial charge in [0.05, 0.1) is 4.92 Å². The third-order valence-corrected chi connectivity index (χ3v) is 12.2. The number of amides is 1. The molecule has 4 unspecified atom stereocenters. The van der Waals surface area contributed by atoms with E-state index in [1.807, 2.05) is 11.7 Å². The summed E-state index contributed by atoms with van der Waals surface area (Å²) in [5.74, 6) is -1.45. The lowest BCUT2D eigenvalue weighted by Gasteiger charge is -2.51. The summed E-state index contributed by atoms with van der Waals surface area (Å²) >= 11 is 4.94. The van der Waals surface area contributed by atoms with Crippen molar-refractivity contribution in [1.29, 1.82) is 0 Å². The Labute approximate surface area is 248 Å². The highest BCUT2D eigenvalue weighted by Gasteiger charge is 2.71. The number of aryl methyl sites for hydroxylation is 1. The Morgan fingerprint density at radius 1 is 1.27 bits per heavy atom. The SMILES string of the molecule is CC(=O)OC(c1nn(C)c2c1C1CCC2(C)C1(C)C)C1(Br)C(=O)N2C(C(=O)OCc3ccc([N+](=O)[O-])cc3)=CS[C@@H]21. The molecule has 11 nitrogen and oxygen atoms in total. The van der Waals surface area contributed by atoms with Gasteiger partial charge in [0, 0.05) is 48.2 Å². The van der Waals surface area contributed by atoms with Gasteiger partial charge in [-0.25, -0.2) is 4.79 Å². The molecule has 5 atom stereocenters. The minimum absolute atomic E-state index is 0.0205. The normalized spacial score (nSPS) is 29.4. The number of fused-ring (bicyclic) bond motifs is 6. The van der Waals surface area contributed by atoms with Crippen LogP contribution in [-0.4, -0.2) is 47.1 Å². The second-order valence-corrected chi connectivity index (χ2v) is 14.1. The number of rotatable bonds is 7. The molecule has 1 amide bonds. The maximum absolute atomic E-state index is 13.8. The largest absolute Gasteiger partial charge is 0.456 e. The van der Waals surface area contributed by atoms with E-state index < -0.39 is 38.6 Å². The number of nitrogens with zero attached hydrogens (tertiary/aromatic N) is 4. The van der Waals surface area contributed by atoms with Gasteiger partial charge in [-0.15, -0.1) is 11.8 Å². The summed E-state index contributed by atoms with van der Waals surface area (Å²) < 4.78 is 11.8. The molecule has 1 aromatic carbocycles. The number of nitro benzene ring substituents is 1. The van der Waals surface area contributed by atoms with Crippen molar-refractivity contribution in [3.63, 3.8) is 0 Å². The molecule has 41 heavy (non-hydrogen) atoms. The van der Waals surface area contributed by atoms with E-state index in [9.17, 15) is 24.5 Å². The first-order valence-corrected chi connectivity index (χ1v) is 15.0. The maximum Gasteiger partial charge on any atom is 0.355 e. The average molecular weight is 646 g/mol. The van der Waals surface area contributed by atoms with Crippen LogP contribution in [0, 0.1) is 15.5 Å². The zero-order valence-corrected chi connectivity index (χ0v) is 25.6. The highest BCUT2D eigenvalue weighted by molar-refractivity contribution is 9.10. The highest BCUT2D eigenvalue weighted by atomic mass is 79.9. The third-order valence-electron chi connectivity index (χ3n) is 9.56. The zero-order chi connectivity index (χ0) is 29.6. The fourth-order valence-electron chi connectivity index (χ4n) is 7.11. The number of nitro groups is 1. The molecule has 1 aromatic heterocycles. The van der Waals surface area contributed by atoms with Crippen LogP contribution in [0.15, 0.2) is 35.4 Å². The molecule has 0 N–H and O–H groups in total. The lowest BCUT2D eigenvalue weighted by Crippen LogP contribution is -2.70. The molecular weight excluding hydrogens is 616 g/mol. The summed E-state index contributed by atoms with van der Waals surface area (Å²) in [5, 5.41) is 16.7. The molecule has 2 aliphatic heterocycles. The predicted molar refractivity (Wildman–Crippen MR) is 152 cm³/mol. The number of esters is 2. The van der Waals surface area contributed by atoms with Crippen molar-refractivity contribution in [2.75, 3.05) is 0 Å². The van der Waals surface area contributed by atoms with Gasteiger partial charge in [0.25, 0.3) is 11.6 Å². The van der Waals surface area contributed by atoms with Crippen molar-refractivity contribution in [1.82, 2.24) is 14.7 Å². The molecule has 1 saturated heterocycles. The second-order valence-electron chi connectivity index (χ2n) is 11.8. The van der Waals surface area contributed by atoms with Gasteiger partial charge in [0.15, 0.2) is 10.4 Å². The van der Waals surface area contributed by atoms with Crippen molar-refractivity contribution >= 4 is 51.2 Å². The fourth-order valence-corrected chi connectivity index (χ4v) is 9.36. The number of alkyl halides is 1. The van der Waals surface area contributed by atoms with Crippen molar-refractivity contribution < 1.29 is 28.8 Å². The number of non-ortho nitro benzene ring substituents is 1. The Hall–Kier alpha value is -3.19.